The van der Waals surface area contributed by atoms with Crippen molar-refractivity contribution in [2.75, 3.05) is 11.1 Å². The highest BCUT2D eigenvalue weighted by Gasteiger charge is 2.10. The summed E-state index contributed by atoms with van der Waals surface area (Å²) >= 11 is 1.44. The third-order valence-corrected chi connectivity index (χ3v) is 4.67. The summed E-state index contributed by atoms with van der Waals surface area (Å²) in [6, 6.07) is 13.9. The lowest BCUT2D eigenvalue weighted by Crippen LogP contribution is -2.15. The van der Waals surface area contributed by atoms with Crippen LogP contribution in [0.2, 0.25) is 0 Å². The monoisotopic (exact) mass is 337 g/mol. The minimum Gasteiger partial charge on any atom is -0.325 e. The maximum Gasteiger partial charge on any atom is 0.234 e. The number of aromatic nitrogens is 2. The van der Waals surface area contributed by atoms with Gasteiger partial charge in [-0.1, -0.05) is 47.7 Å². The molecule has 0 unspecified atom stereocenters. The Balaban J connectivity index is 1.73. The molecule has 0 aliphatic heterocycles. The second kappa shape index (κ2) is 7.01. The van der Waals surface area contributed by atoms with Crippen molar-refractivity contribution < 1.29 is 4.79 Å². The Morgan fingerprint density at radius 3 is 2.67 bits per heavy atom. The molecule has 1 amide bonds. The van der Waals surface area contributed by atoms with Gasteiger partial charge in [-0.05, 0) is 38.5 Å². The van der Waals surface area contributed by atoms with Crippen molar-refractivity contribution in [3.8, 4) is 0 Å². The van der Waals surface area contributed by atoms with Crippen LogP contribution >= 0.6 is 11.8 Å². The molecule has 1 N–H and O–H groups in total. The lowest BCUT2D eigenvalue weighted by Gasteiger charge is -2.10. The zero-order chi connectivity index (χ0) is 17.1. The number of benzene rings is 2. The molecular weight excluding hydrogens is 318 g/mol. The van der Waals surface area contributed by atoms with E-state index in [4.69, 9.17) is 0 Å². The Bertz CT molecular complexity index is 908. The molecule has 3 rings (SSSR count). The lowest BCUT2D eigenvalue weighted by molar-refractivity contribution is -0.113. The quantitative estimate of drug-likeness (QED) is 0.570. The fourth-order valence-electron chi connectivity index (χ4n) is 2.54. The van der Waals surface area contributed by atoms with E-state index in [2.05, 4.69) is 21.4 Å². The summed E-state index contributed by atoms with van der Waals surface area (Å²) in [4.78, 5) is 21.2. The minimum atomic E-state index is -0.0349. The predicted octanol–water partition coefficient (Wildman–Crippen LogP) is 4.29. The molecule has 0 saturated carbocycles. The fraction of sp³-hybridized carbons (Fsp3) is 0.211. The van der Waals surface area contributed by atoms with Crippen molar-refractivity contribution in [3.63, 3.8) is 0 Å². The first-order valence-corrected chi connectivity index (χ1v) is 8.75. The topological polar surface area (TPSA) is 54.9 Å². The van der Waals surface area contributed by atoms with Crippen LogP contribution in [-0.4, -0.2) is 21.6 Å². The Kier molecular flexibility index (Phi) is 4.81. The third-order valence-electron chi connectivity index (χ3n) is 3.68. The van der Waals surface area contributed by atoms with Crippen LogP contribution in [0.25, 0.3) is 10.9 Å². The number of para-hydroxylation sites is 1. The first-order chi connectivity index (χ1) is 11.5. The number of rotatable bonds is 4. The summed E-state index contributed by atoms with van der Waals surface area (Å²) in [5, 5.41) is 4.79. The van der Waals surface area contributed by atoms with Gasteiger partial charge in [0.25, 0.3) is 0 Å². The Labute approximate surface area is 145 Å². The summed E-state index contributed by atoms with van der Waals surface area (Å²) < 4.78 is 0. The van der Waals surface area contributed by atoms with Gasteiger partial charge in [0.05, 0.1) is 11.3 Å². The van der Waals surface area contributed by atoms with Crippen LogP contribution in [0.4, 0.5) is 5.69 Å². The SMILES string of the molecule is Cc1ccc(NC(=O)CSc2nc(C)nc3ccccc23)c(C)c1. The standard InChI is InChI=1S/C19H19N3OS/c1-12-8-9-16(13(2)10-12)22-18(23)11-24-19-15-6-4-5-7-17(15)20-14(3)21-19/h4-10H,11H2,1-3H3,(H,22,23). The largest absolute Gasteiger partial charge is 0.325 e. The van der Waals surface area contributed by atoms with Crippen LogP contribution in [-0.2, 0) is 4.79 Å². The summed E-state index contributed by atoms with van der Waals surface area (Å²) in [5.41, 5.74) is 4.01. The van der Waals surface area contributed by atoms with E-state index in [0.717, 1.165) is 27.2 Å². The van der Waals surface area contributed by atoms with E-state index in [0.29, 0.717) is 11.6 Å². The molecule has 2 aromatic carbocycles. The third kappa shape index (κ3) is 3.74. The molecule has 0 aliphatic carbocycles. The predicted molar refractivity (Wildman–Crippen MR) is 99.5 cm³/mol. The van der Waals surface area contributed by atoms with Crippen molar-refractivity contribution >= 4 is 34.3 Å². The van der Waals surface area contributed by atoms with Crippen molar-refractivity contribution in [2.24, 2.45) is 0 Å². The Hall–Kier alpha value is -2.40. The second-order valence-electron chi connectivity index (χ2n) is 5.75. The van der Waals surface area contributed by atoms with E-state index in [1.807, 2.05) is 57.2 Å². The maximum atomic E-state index is 12.3. The van der Waals surface area contributed by atoms with Gasteiger partial charge in [-0.25, -0.2) is 9.97 Å². The number of hydrogen-bond acceptors (Lipinski definition) is 4. The molecule has 1 heterocycles. The zero-order valence-corrected chi connectivity index (χ0v) is 14.8. The molecule has 0 bridgehead atoms. The van der Waals surface area contributed by atoms with Crippen molar-refractivity contribution in [1.29, 1.82) is 0 Å². The van der Waals surface area contributed by atoms with Crippen LogP contribution in [0.15, 0.2) is 47.5 Å². The van der Waals surface area contributed by atoms with Crippen LogP contribution in [0.1, 0.15) is 17.0 Å². The van der Waals surface area contributed by atoms with E-state index < -0.39 is 0 Å². The summed E-state index contributed by atoms with van der Waals surface area (Å²) in [6.45, 7) is 5.90. The van der Waals surface area contributed by atoms with Gasteiger partial charge in [0.2, 0.25) is 5.91 Å². The summed E-state index contributed by atoms with van der Waals surface area (Å²) in [6.07, 6.45) is 0. The van der Waals surface area contributed by atoms with Gasteiger partial charge >= 0.3 is 0 Å². The van der Waals surface area contributed by atoms with Crippen LogP contribution in [0.3, 0.4) is 0 Å². The van der Waals surface area contributed by atoms with Crippen LogP contribution < -0.4 is 5.32 Å². The van der Waals surface area contributed by atoms with E-state index in [9.17, 15) is 4.79 Å². The molecule has 4 nitrogen and oxygen atoms in total. The first-order valence-electron chi connectivity index (χ1n) is 7.76. The lowest BCUT2D eigenvalue weighted by atomic mass is 10.1. The van der Waals surface area contributed by atoms with Crippen molar-refractivity contribution in [1.82, 2.24) is 9.97 Å². The molecule has 0 radical (unpaired) electrons. The minimum absolute atomic E-state index is 0.0349. The highest BCUT2D eigenvalue weighted by atomic mass is 32.2. The fourth-order valence-corrected chi connectivity index (χ4v) is 3.41. The molecular formula is C19H19N3OS. The highest BCUT2D eigenvalue weighted by molar-refractivity contribution is 8.00. The number of hydrogen-bond donors (Lipinski definition) is 1. The van der Waals surface area contributed by atoms with E-state index >= 15 is 0 Å². The van der Waals surface area contributed by atoms with Crippen molar-refractivity contribution in [3.05, 3.63) is 59.4 Å². The zero-order valence-electron chi connectivity index (χ0n) is 14.0. The average molecular weight is 337 g/mol. The number of anilines is 1. The van der Waals surface area contributed by atoms with Gasteiger partial charge in [0, 0.05) is 11.1 Å². The molecule has 0 saturated heterocycles. The Morgan fingerprint density at radius 1 is 1.08 bits per heavy atom. The summed E-state index contributed by atoms with van der Waals surface area (Å²) in [5.74, 6) is 0.992. The molecule has 5 heteroatoms. The number of nitrogens with one attached hydrogen (secondary N) is 1. The molecule has 1 aromatic heterocycles. The van der Waals surface area contributed by atoms with Crippen LogP contribution in [0.5, 0.6) is 0 Å². The molecule has 0 atom stereocenters. The smallest absolute Gasteiger partial charge is 0.234 e. The molecule has 0 spiro atoms. The second-order valence-corrected chi connectivity index (χ2v) is 6.71. The normalized spacial score (nSPS) is 10.8. The molecule has 122 valence electrons. The number of carbonyl (C=O) groups excluding carboxylic acids is 1. The molecule has 24 heavy (non-hydrogen) atoms. The number of thioether (sulfide) groups is 1. The number of fused-ring (bicyclic) bond motifs is 1. The van der Waals surface area contributed by atoms with Gasteiger partial charge in [-0.15, -0.1) is 0 Å². The number of nitrogens with zero attached hydrogens (tertiary/aromatic N) is 2. The van der Waals surface area contributed by atoms with E-state index in [1.54, 1.807) is 0 Å². The van der Waals surface area contributed by atoms with E-state index in [-0.39, 0.29) is 5.91 Å². The molecule has 3 aromatic rings. The van der Waals surface area contributed by atoms with E-state index in [1.165, 1.54) is 17.3 Å². The van der Waals surface area contributed by atoms with Crippen LogP contribution in [0, 0.1) is 20.8 Å². The first kappa shape index (κ1) is 16.5. The number of amides is 1. The average Bonchev–Trinajstić information content (AvgIpc) is 2.55. The van der Waals surface area contributed by atoms with Gasteiger partial charge in [0.1, 0.15) is 10.9 Å². The van der Waals surface area contributed by atoms with Gasteiger partial charge in [0.15, 0.2) is 0 Å². The van der Waals surface area contributed by atoms with Gasteiger partial charge in [-0.3, -0.25) is 4.79 Å². The Morgan fingerprint density at radius 2 is 1.88 bits per heavy atom. The highest BCUT2D eigenvalue weighted by Crippen LogP contribution is 2.25. The number of carbonyl (C=O) groups is 1. The summed E-state index contributed by atoms with van der Waals surface area (Å²) in [7, 11) is 0. The van der Waals surface area contributed by atoms with Gasteiger partial charge < -0.3 is 5.32 Å². The molecule has 0 fully saturated rings. The molecule has 0 aliphatic rings. The number of aryl methyl sites for hydroxylation is 3. The van der Waals surface area contributed by atoms with Crippen molar-refractivity contribution in [2.45, 2.75) is 25.8 Å². The van der Waals surface area contributed by atoms with Gasteiger partial charge in [-0.2, -0.15) is 0 Å². The maximum absolute atomic E-state index is 12.3.